The summed E-state index contributed by atoms with van der Waals surface area (Å²) in [5, 5.41) is 3.75. The molecule has 1 N–H and O–H groups in total. The van der Waals surface area contributed by atoms with Crippen LogP contribution in [0.3, 0.4) is 0 Å². The van der Waals surface area contributed by atoms with E-state index in [4.69, 9.17) is 0 Å². The molecule has 0 amide bonds. The Balaban J connectivity index is 2.25. The summed E-state index contributed by atoms with van der Waals surface area (Å²) in [5.74, 6) is 0. The molecule has 1 unspecified atom stereocenters. The number of nitrogens with one attached hydrogen (secondary N) is 1. The van der Waals surface area contributed by atoms with Gasteiger partial charge < -0.3 is 5.32 Å². The Bertz CT molecular complexity index is 400. The quantitative estimate of drug-likeness (QED) is 0.804. The van der Waals surface area contributed by atoms with E-state index in [2.05, 4.69) is 61.1 Å². The van der Waals surface area contributed by atoms with E-state index >= 15 is 0 Å². The van der Waals surface area contributed by atoms with Crippen LogP contribution in [0.15, 0.2) is 16.6 Å². The fourth-order valence-electron chi connectivity index (χ4n) is 2.87. The lowest BCUT2D eigenvalue weighted by Crippen LogP contribution is -2.31. The second-order valence-corrected chi connectivity index (χ2v) is 6.87. The highest BCUT2D eigenvalue weighted by Gasteiger charge is 2.34. The van der Waals surface area contributed by atoms with Crippen molar-refractivity contribution < 1.29 is 0 Å². The maximum absolute atomic E-state index is 3.75. The standard InChI is InChI=1S/C15H22BrN/c1-10-8-11(2)14(12(16)9-10)17-13-6-5-7-15(13,3)4/h8-9,13,17H,5-7H2,1-4H3. The van der Waals surface area contributed by atoms with Gasteiger partial charge in [0.05, 0.1) is 5.69 Å². The molecule has 1 nitrogen and oxygen atoms in total. The summed E-state index contributed by atoms with van der Waals surface area (Å²) in [5.41, 5.74) is 4.33. The minimum absolute atomic E-state index is 0.413. The second-order valence-electron chi connectivity index (χ2n) is 6.02. The molecule has 2 rings (SSSR count). The van der Waals surface area contributed by atoms with Crippen LogP contribution in [0.2, 0.25) is 0 Å². The molecule has 0 heterocycles. The summed E-state index contributed by atoms with van der Waals surface area (Å²) in [7, 11) is 0. The van der Waals surface area contributed by atoms with Gasteiger partial charge in [-0.3, -0.25) is 0 Å². The molecule has 0 saturated heterocycles. The number of rotatable bonds is 2. The summed E-state index contributed by atoms with van der Waals surface area (Å²) < 4.78 is 1.19. The smallest absolute Gasteiger partial charge is 0.0516 e. The molecule has 1 fully saturated rings. The van der Waals surface area contributed by atoms with E-state index in [1.165, 1.54) is 40.5 Å². The number of anilines is 1. The Morgan fingerprint density at radius 1 is 1.29 bits per heavy atom. The Hall–Kier alpha value is -0.500. The third kappa shape index (κ3) is 2.67. The highest BCUT2D eigenvalue weighted by atomic mass is 79.9. The minimum atomic E-state index is 0.413. The first-order chi connectivity index (χ1) is 7.90. The summed E-state index contributed by atoms with van der Waals surface area (Å²) >= 11 is 3.68. The van der Waals surface area contributed by atoms with Crippen LogP contribution >= 0.6 is 15.9 Å². The van der Waals surface area contributed by atoms with Gasteiger partial charge in [-0.1, -0.05) is 26.3 Å². The Morgan fingerprint density at radius 2 is 2.00 bits per heavy atom. The van der Waals surface area contributed by atoms with E-state index in [1.54, 1.807) is 0 Å². The molecule has 94 valence electrons. The van der Waals surface area contributed by atoms with E-state index in [0.717, 1.165) is 0 Å². The fraction of sp³-hybridized carbons (Fsp3) is 0.600. The lowest BCUT2D eigenvalue weighted by molar-refractivity contribution is 0.350. The van der Waals surface area contributed by atoms with Crippen molar-refractivity contribution in [3.63, 3.8) is 0 Å². The number of hydrogen-bond donors (Lipinski definition) is 1. The van der Waals surface area contributed by atoms with Gasteiger partial charge in [0.15, 0.2) is 0 Å². The molecule has 1 aromatic carbocycles. The monoisotopic (exact) mass is 295 g/mol. The number of benzene rings is 1. The van der Waals surface area contributed by atoms with Crippen molar-refractivity contribution in [2.75, 3.05) is 5.32 Å². The van der Waals surface area contributed by atoms with E-state index < -0.39 is 0 Å². The van der Waals surface area contributed by atoms with Gasteiger partial charge in [-0.15, -0.1) is 0 Å². The maximum Gasteiger partial charge on any atom is 0.0516 e. The minimum Gasteiger partial charge on any atom is -0.381 e. The maximum atomic E-state index is 3.75. The first kappa shape index (κ1) is 12.9. The summed E-state index contributed by atoms with van der Waals surface area (Å²) in [4.78, 5) is 0. The number of halogens is 1. The second kappa shape index (κ2) is 4.64. The Morgan fingerprint density at radius 3 is 2.53 bits per heavy atom. The van der Waals surface area contributed by atoms with Gasteiger partial charge in [-0.2, -0.15) is 0 Å². The van der Waals surface area contributed by atoms with Crippen LogP contribution in [-0.4, -0.2) is 6.04 Å². The van der Waals surface area contributed by atoms with Gasteiger partial charge >= 0.3 is 0 Å². The molecule has 1 atom stereocenters. The molecule has 0 bridgehead atoms. The van der Waals surface area contributed by atoms with Crippen molar-refractivity contribution in [3.8, 4) is 0 Å². The van der Waals surface area contributed by atoms with Crippen LogP contribution in [0.5, 0.6) is 0 Å². The zero-order valence-electron chi connectivity index (χ0n) is 11.2. The normalized spacial score (nSPS) is 22.8. The first-order valence-corrected chi connectivity index (χ1v) is 7.23. The number of hydrogen-bond acceptors (Lipinski definition) is 1. The van der Waals surface area contributed by atoms with Crippen molar-refractivity contribution in [1.29, 1.82) is 0 Å². The van der Waals surface area contributed by atoms with E-state index in [-0.39, 0.29) is 0 Å². The lowest BCUT2D eigenvalue weighted by Gasteiger charge is -2.30. The van der Waals surface area contributed by atoms with Crippen LogP contribution < -0.4 is 5.32 Å². The fourth-order valence-corrected chi connectivity index (χ4v) is 3.66. The predicted octanol–water partition coefficient (Wildman–Crippen LogP) is 5.06. The highest BCUT2D eigenvalue weighted by Crippen LogP contribution is 2.40. The topological polar surface area (TPSA) is 12.0 Å². The third-order valence-corrected chi connectivity index (χ3v) is 4.63. The molecule has 0 spiro atoms. The zero-order valence-corrected chi connectivity index (χ0v) is 12.8. The van der Waals surface area contributed by atoms with Crippen LogP contribution in [0.1, 0.15) is 44.2 Å². The van der Waals surface area contributed by atoms with E-state index in [9.17, 15) is 0 Å². The molecule has 2 heteroatoms. The molecule has 1 aliphatic carbocycles. The molecule has 1 aromatic rings. The SMILES string of the molecule is Cc1cc(C)c(NC2CCCC2(C)C)c(Br)c1. The lowest BCUT2D eigenvalue weighted by atomic mass is 9.87. The third-order valence-electron chi connectivity index (χ3n) is 4.01. The van der Waals surface area contributed by atoms with Crippen molar-refractivity contribution in [3.05, 3.63) is 27.7 Å². The highest BCUT2D eigenvalue weighted by molar-refractivity contribution is 9.10. The molecule has 1 aliphatic rings. The largest absolute Gasteiger partial charge is 0.381 e. The Labute approximate surface area is 113 Å². The first-order valence-electron chi connectivity index (χ1n) is 6.43. The van der Waals surface area contributed by atoms with Crippen molar-refractivity contribution in [2.45, 2.75) is 53.0 Å². The molecule has 0 aromatic heterocycles. The van der Waals surface area contributed by atoms with E-state index in [0.29, 0.717) is 11.5 Å². The molecular weight excluding hydrogens is 274 g/mol. The van der Waals surface area contributed by atoms with Crippen LogP contribution in [0.25, 0.3) is 0 Å². The molecule has 0 radical (unpaired) electrons. The average molecular weight is 296 g/mol. The van der Waals surface area contributed by atoms with Gasteiger partial charge in [-0.05, 0) is 65.2 Å². The van der Waals surface area contributed by atoms with Gasteiger partial charge in [-0.25, -0.2) is 0 Å². The van der Waals surface area contributed by atoms with Crippen molar-refractivity contribution in [2.24, 2.45) is 5.41 Å². The van der Waals surface area contributed by atoms with Crippen molar-refractivity contribution >= 4 is 21.6 Å². The van der Waals surface area contributed by atoms with E-state index in [1.807, 2.05) is 0 Å². The van der Waals surface area contributed by atoms with Gasteiger partial charge in [0.2, 0.25) is 0 Å². The van der Waals surface area contributed by atoms with Crippen LogP contribution in [0.4, 0.5) is 5.69 Å². The molecule has 1 saturated carbocycles. The van der Waals surface area contributed by atoms with Crippen LogP contribution in [-0.2, 0) is 0 Å². The van der Waals surface area contributed by atoms with Crippen LogP contribution in [0, 0.1) is 19.3 Å². The summed E-state index contributed by atoms with van der Waals surface area (Å²) in [6.45, 7) is 9.06. The number of aryl methyl sites for hydroxylation is 2. The van der Waals surface area contributed by atoms with Gasteiger partial charge in [0.25, 0.3) is 0 Å². The summed E-state index contributed by atoms with van der Waals surface area (Å²) in [6.07, 6.45) is 3.95. The Kier molecular flexibility index (Phi) is 3.53. The van der Waals surface area contributed by atoms with Gasteiger partial charge in [0, 0.05) is 10.5 Å². The zero-order chi connectivity index (χ0) is 12.6. The summed E-state index contributed by atoms with van der Waals surface area (Å²) in [6, 6.07) is 5.03. The molecule has 0 aliphatic heterocycles. The molecule has 17 heavy (non-hydrogen) atoms. The molecular formula is C15H22BrN. The predicted molar refractivity (Wildman–Crippen MR) is 78.7 cm³/mol. The van der Waals surface area contributed by atoms with Crippen molar-refractivity contribution in [1.82, 2.24) is 0 Å². The average Bonchev–Trinajstić information content (AvgIpc) is 2.51. The van der Waals surface area contributed by atoms with Gasteiger partial charge in [0.1, 0.15) is 0 Å².